The lowest BCUT2D eigenvalue weighted by Gasteiger charge is -2.22. The van der Waals surface area contributed by atoms with E-state index in [-0.39, 0.29) is 23.2 Å². The predicted molar refractivity (Wildman–Crippen MR) is 117 cm³/mol. The summed E-state index contributed by atoms with van der Waals surface area (Å²) in [5.41, 5.74) is -0.364. The van der Waals surface area contributed by atoms with Crippen molar-refractivity contribution >= 4 is 5.91 Å². The summed E-state index contributed by atoms with van der Waals surface area (Å²) in [7, 11) is 0. The van der Waals surface area contributed by atoms with Gasteiger partial charge in [-0.3, -0.25) is 14.6 Å². The zero-order chi connectivity index (χ0) is 24.3. The minimum absolute atomic E-state index is 0.00495. The van der Waals surface area contributed by atoms with Gasteiger partial charge in [0, 0.05) is 30.2 Å². The molecule has 0 spiro atoms. The fourth-order valence-electron chi connectivity index (χ4n) is 3.59. The Morgan fingerprint density at radius 3 is 2.58 bits per heavy atom. The van der Waals surface area contributed by atoms with Gasteiger partial charge in [-0.2, -0.15) is 18.4 Å². The summed E-state index contributed by atoms with van der Waals surface area (Å²) >= 11 is 0. The van der Waals surface area contributed by atoms with Gasteiger partial charge in [-0.25, -0.2) is 0 Å². The molecule has 1 unspecified atom stereocenters. The van der Waals surface area contributed by atoms with Crippen molar-refractivity contribution in [3.05, 3.63) is 87.1 Å². The predicted octanol–water partition coefficient (Wildman–Crippen LogP) is 4.47. The van der Waals surface area contributed by atoms with Crippen LogP contribution in [0, 0.1) is 18.3 Å². The quantitative estimate of drug-likeness (QED) is 0.616. The molecule has 0 bridgehead atoms. The first-order valence-electron chi connectivity index (χ1n) is 10.2. The summed E-state index contributed by atoms with van der Waals surface area (Å²) in [6.45, 7) is 5.36. The number of benzene rings is 1. The Labute approximate surface area is 188 Å². The number of alkyl halides is 3. The molecule has 1 atom stereocenters. The molecular weight excluding hydrogens is 433 g/mol. The van der Waals surface area contributed by atoms with E-state index >= 15 is 0 Å². The third kappa shape index (κ3) is 4.80. The molecule has 6 nitrogen and oxygen atoms in total. The lowest BCUT2D eigenvalue weighted by Crippen LogP contribution is -2.31. The lowest BCUT2D eigenvalue weighted by atomic mass is 9.98. The summed E-state index contributed by atoms with van der Waals surface area (Å²) in [6, 6.07) is 9.22. The summed E-state index contributed by atoms with van der Waals surface area (Å²) in [4.78, 5) is 30.2. The van der Waals surface area contributed by atoms with Crippen molar-refractivity contribution in [3.8, 4) is 17.2 Å². The number of aromatic nitrogens is 2. The molecule has 0 aliphatic heterocycles. The fraction of sp³-hybridized carbons (Fsp3) is 0.250. The van der Waals surface area contributed by atoms with E-state index in [1.54, 1.807) is 37.5 Å². The maximum Gasteiger partial charge on any atom is 0.416 e. The number of nitrogens with zero attached hydrogens (tertiary/aromatic N) is 3. The van der Waals surface area contributed by atoms with E-state index in [1.165, 1.54) is 24.5 Å². The molecule has 2 heterocycles. The molecule has 0 radical (unpaired) electrons. The number of hydrogen-bond acceptors (Lipinski definition) is 4. The molecule has 0 aliphatic rings. The molecule has 2 aromatic heterocycles. The van der Waals surface area contributed by atoms with E-state index in [0.29, 0.717) is 17.0 Å². The van der Waals surface area contributed by atoms with E-state index in [0.717, 1.165) is 12.1 Å². The Bertz CT molecular complexity index is 1290. The SMILES string of the molecule is CCNC(=O)c1cn(C(C)c2ccc(C#N)cn2)c(C)c(-c2cccc(C(F)(F)F)c2)c1=O. The lowest BCUT2D eigenvalue weighted by molar-refractivity contribution is -0.137. The molecule has 1 N–H and O–H groups in total. The molecule has 1 aromatic carbocycles. The minimum Gasteiger partial charge on any atom is -0.352 e. The zero-order valence-corrected chi connectivity index (χ0v) is 18.2. The van der Waals surface area contributed by atoms with Gasteiger partial charge in [0.1, 0.15) is 11.6 Å². The highest BCUT2D eigenvalue weighted by atomic mass is 19.4. The van der Waals surface area contributed by atoms with Crippen molar-refractivity contribution in [1.82, 2.24) is 14.9 Å². The fourth-order valence-corrected chi connectivity index (χ4v) is 3.59. The number of nitriles is 1. The normalized spacial score (nSPS) is 12.2. The van der Waals surface area contributed by atoms with E-state index in [4.69, 9.17) is 5.26 Å². The number of carbonyl (C=O) groups excluding carboxylic acids is 1. The van der Waals surface area contributed by atoms with Crippen molar-refractivity contribution in [2.75, 3.05) is 6.54 Å². The largest absolute Gasteiger partial charge is 0.416 e. The number of nitrogens with one attached hydrogen (secondary N) is 1. The number of hydrogen-bond donors (Lipinski definition) is 1. The average molecular weight is 454 g/mol. The first-order chi connectivity index (χ1) is 15.6. The highest BCUT2D eigenvalue weighted by Gasteiger charge is 2.31. The van der Waals surface area contributed by atoms with Crippen LogP contribution < -0.4 is 10.7 Å². The summed E-state index contributed by atoms with van der Waals surface area (Å²) in [6.07, 6.45) is -1.79. The highest BCUT2D eigenvalue weighted by molar-refractivity contribution is 5.95. The van der Waals surface area contributed by atoms with Crippen molar-refractivity contribution in [3.63, 3.8) is 0 Å². The minimum atomic E-state index is -4.58. The molecule has 0 saturated heterocycles. The maximum absolute atomic E-state index is 13.3. The molecule has 3 rings (SSSR count). The smallest absolute Gasteiger partial charge is 0.352 e. The summed E-state index contributed by atoms with van der Waals surface area (Å²) in [5.74, 6) is -0.621. The molecule has 0 aliphatic carbocycles. The molecule has 1 amide bonds. The van der Waals surface area contributed by atoms with Crippen LogP contribution in [-0.2, 0) is 6.18 Å². The first-order valence-corrected chi connectivity index (χ1v) is 10.2. The molecule has 170 valence electrons. The maximum atomic E-state index is 13.3. The van der Waals surface area contributed by atoms with Gasteiger partial charge in [0.15, 0.2) is 0 Å². The van der Waals surface area contributed by atoms with E-state index < -0.39 is 29.1 Å². The van der Waals surface area contributed by atoms with Crippen LogP contribution >= 0.6 is 0 Å². The Balaban J connectivity index is 2.27. The number of amides is 1. The van der Waals surface area contributed by atoms with Crippen LogP contribution in [0.1, 0.15) is 52.8 Å². The van der Waals surface area contributed by atoms with Crippen molar-refractivity contribution in [2.45, 2.75) is 33.0 Å². The topological polar surface area (TPSA) is 87.8 Å². The Kier molecular flexibility index (Phi) is 6.68. The second kappa shape index (κ2) is 9.28. The third-order valence-electron chi connectivity index (χ3n) is 5.31. The van der Waals surface area contributed by atoms with Crippen LogP contribution in [0.25, 0.3) is 11.1 Å². The van der Waals surface area contributed by atoms with Gasteiger partial charge in [0.25, 0.3) is 5.91 Å². The summed E-state index contributed by atoms with van der Waals surface area (Å²) in [5, 5.41) is 11.6. The van der Waals surface area contributed by atoms with E-state index in [9.17, 15) is 22.8 Å². The summed E-state index contributed by atoms with van der Waals surface area (Å²) < 4.78 is 41.5. The van der Waals surface area contributed by atoms with E-state index in [2.05, 4.69) is 10.3 Å². The second-order valence-corrected chi connectivity index (χ2v) is 7.44. The van der Waals surface area contributed by atoms with Crippen LogP contribution in [0.2, 0.25) is 0 Å². The monoisotopic (exact) mass is 454 g/mol. The van der Waals surface area contributed by atoms with E-state index in [1.807, 2.05) is 6.07 Å². The Morgan fingerprint density at radius 2 is 2.00 bits per heavy atom. The van der Waals surface area contributed by atoms with Crippen molar-refractivity contribution < 1.29 is 18.0 Å². The van der Waals surface area contributed by atoms with Gasteiger partial charge in [-0.1, -0.05) is 12.1 Å². The van der Waals surface area contributed by atoms with Crippen LogP contribution in [-0.4, -0.2) is 22.0 Å². The van der Waals surface area contributed by atoms with Crippen LogP contribution in [0.5, 0.6) is 0 Å². The van der Waals surface area contributed by atoms with Crippen LogP contribution in [0.15, 0.2) is 53.6 Å². The van der Waals surface area contributed by atoms with Crippen LogP contribution in [0.4, 0.5) is 13.2 Å². The van der Waals surface area contributed by atoms with Crippen molar-refractivity contribution in [2.24, 2.45) is 0 Å². The van der Waals surface area contributed by atoms with Gasteiger partial charge in [-0.15, -0.1) is 0 Å². The average Bonchev–Trinajstić information content (AvgIpc) is 2.78. The standard InChI is InChI=1S/C24H21F3N4O2/c1-4-29-23(33)19-13-31(14(2)20-9-8-16(11-28)12-30-20)15(3)21(22(19)32)17-6-5-7-18(10-17)24(25,26)27/h5-10,12-14H,4H2,1-3H3,(H,29,33). The Morgan fingerprint density at radius 1 is 1.27 bits per heavy atom. The second-order valence-electron chi connectivity index (χ2n) is 7.44. The first kappa shape index (κ1) is 23.7. The van der Waals surface area contributed by atoms with Gasteiger partial charge in [0.05, 0.1) is 22.9 Å². The van der Waals surface area contributed by atoms with Gasteiger partial charge < -0.3 is 9.88 Å². The Hall–Kier alpha value is -3.93. The highest BCUT2D eigenvalue weighted by Crippen LogP contribution is 2.33. The number of carbonyl (C=O) groups is 1. The van der Waals surface area contributed by atoms with Crippen LogP contribution in [0.3, 0.4) is 0 Å². The molecule has 0 fully saturated rings. The molecular formula is C24H21F3N4O2. The van der Waals surface area contributed by atoms with Gasteiger partial charge >= 0.3 is 6.18 Å². The molecule has 3 aromatic rings. The third-order valence-corrected chi connectivity index (χ3v) is 5.31. The van der Waals surface area contributed by atoms with Gasteiger partial charge in [0.2, 0.25) is 5.43 Å². The number of rotatable bonds is 5. The number of pyridine rings is 2. The number of halogens is 3. The molecule has 9 heteroatoms. The molecule has 33 heavy (non-hydrogen) atoms. The van der Waals surface area contributed by atoms with Crippen molar-refractivity contribution in [1.29, 1.82) is 5.26 Å². The zero-order valence-electron chi connectivity index (χ0n) is 18.2. The van der Waals surface area contributed by atoms with Gasteiger partial charge in [-0.05, 0) is 50.6 Å². The molecule has 0 saturated carbocycles.